The van der Waals surface area contributed by atoms with Crippen molar-refractivity contribution in [1.82, 2.24) is 9.97 Å². The molecule has 2 nitrogen and oxygen atoms in total. The predicted molar refractivity (Wildman–Crippen MR) is 62.1 cm³/mol. The maximum Gasteiger partial charge on any atom is 0.129 e. The maximum absolute atomic E-state index is 5.13. The van der Waals surface area contributed by atoms with Crippen molar-refractivity contribution >= 4 is 12.2 Å². The van der Waals surface area contributed by atoms with E-state index in [1.807, 2.05) is 6.07 Å². The van der Waals surface area contributed by atoms with Crippen molar-refractivity contribution in [3.8, 4) is 0 Å². The van der Waals surface area contributed by atoms with Crippen LogP contribution >= 0.6 is 12.2 Å². The Hall–Kier alpha value is -0.700. The molecular formula is C11H18N2S. The van der Waals surface area contributed by atoms with E-state index in [2.05, 4.69) is 30.7 Å². The van der Waals surface area contributed by atoms with Crippen molar-refractivity contribution in [2.24, 2.45) is 0 Å². The third-order valence-corrected chi connectivity index (χ3v) is 2.37. The smallest absolute Gasteiger partial charge is 0.129 e. The molecule has 0 atom stereocenters. The average Bonchev–Trinajstić information content (AvgIpc) is 2.14. The Balaban J connectivity index is 2.90. The zero-order valence-corrected chi connectivity index (χ0v) is 9.95. The van der Waals surface area contributed by atoms with Gasteiger partial charge in [0.1, 0.15) is 10.5 Å². The lowest BCUT2D eigenvalue weighted by Gasteiger charge is -2.07. The van der Waals surface area contributed by atoms with E-state index in [1.54, 1.807) is 0 Å². The average molecular weight is 210 g/mol. The summed E-state index contributed by atoms with van der Waals surface area (Å²) < 4.78 is 0.707. The van der Waals surface area contributed by atoms with Gasteiger partial charge in [0.2, 0.25) is 0 Å². The first-order chi connectivity index (χ1) is 6.63. The van der Waals surface area contributed by atoms with Gasteiger partial charge in [-0.3, -0.25) is 0 Å². The highest BCUT2D eigenvalue weighted by atomic mass is 32.1. The first-order valence-electron chi connectivity index (χ1n) is 5.23. The van der Waals surface area contributed by atoms with Crippen molar-refractivity contribution in [2.45, 2.75) is 46.0 Å². The van der Waals surface area contributed by atoms with Crippen LogP contribution in [0.5, 0.6) is 0 Å². The summed E-state index contributed by atoms with van der Waals surface area (Å²) in [4.78, 5) is 7.64. The van der Waals surface area contributed by atoms with Gasteiger partial charge < -0.3 is 4.98 Å². The van der Waals surface area contributed by atoms with Crippen LogP contribution in [0.15, 0.2) is 6.07 Å². The topological polar surface area (TPSA) is 28.7 Å². The number of rotatable bonds is 4. The summed E-state index contributed by atoms with van der Waals surface area (Å²) in [5.41, 5.74) is 1.22. The molecule has 0 radical (unpaired) electrons. The molecule has 0 aliphatic rings. The highest BCUT2D eigenvalue weighted by molar-refractivity contribution is 7.71. The molecule has 14 heavy (non-hydrogen) atoms. The Labute approximate surface area is 90.8 Å². The summed E-state index contributed by atoms with van der Waals surface area (Å²) in [6.07, 6.45) is 3.48. The van der Waals surface area contributed by atoms with Gasteiger partial charge in [0.25, 0.3) is 0 Å². The minimum absolute atomic E-state index is 0.415. The number of aromatic amines is 1. The number of aryl methyl sites for hydroxylation is 1. The van der Waals surface area contributed by atoms with Crippen LogP contribution in [0.2, 0.25) is 0 Å². The lowest BCUT2D eigenvalue weighted by molar-refractivity contribution is 0.724. The Morgan fingerprint density at radius 1 is 1.50 bits per heavy atom. The number of aromatic nitrogens is 2. The van der Waals surface area contributed by atoms with E-state index in [4.69, 9.17) is 12.2 Å². The van der Waals surface area contributed by atoms with E-state index in [9.17, 15) is 0 Å². The number of hydrogen-bond donors (Lipinski definition) is 1. The van der Waals surface area contributed by atoms with Gasteiger partial charge in [-0.05, 0) is 18.9 Å². The van der Waals surface area contributed by atoms with Gasteiger partial charge in [0.05, 0.1) is 0 Å². The summed E-state index contributed by atoms with van der Waals surface area (Å²) in [6, 6.07) is 1.97. The molecule has 0 bridgehead atoms. The van der Waals surface area contributed by atoms with E-state index in [0.29, 0.717) is 10.6 Å². The van der Waals surface area contributed by atoms with E-state index in [0.717, 1.165) is 12.2 Å². The molecule has 0 unspecified atom stereocenters. The van der Waals surface area contributed by atoms with E-state index in [1.165, 1.54) is 18.5 Å². The SMILES string of the molecule is CCCCc1cc(=S)nc(C(C)C)[nH]1. The van der Waals surface area contributed by atoms with Crippen LogP contribution in [-0.4, -0.2) is 9.97 Å². The number of hydrogen-bond acceptors (Lipinski definition) is 2. The fourth-order valence-electron chi connectivity index (χ4n) is 1.30. The summed E-state index contributed by atoms with van der Waals surface area (Å²) in [6.45, 7) is 6.44. The molecule has 1 aromatic rings. The second-order valence-electron chi connectivity index (χ2n) is 3.89. The molecule has 3 heteroatoms. The fraction of sp³-hybridized carbons (Fsp3) is 0.636. The number of nitrogens with zero attached hydrogens (tertiary/aromatic N) is 1. The monoisotopic (exact) mass is 210 g/mol. The molecule has 0 aliphatic carbocycles. The largest absolute Gasteiger partial charge is 0.347 e. The molecule has 0 saturated carbocycles. The van der Waals surface area contributed by atoms with Crippen molar-refractivity contribution in [2.75, 3.05) is 0 Å². The summed E-state index contributed by atoms with van der Waals surface area (Å²) >= 11 is 5.13. The number of unbranched alkanes of at least 4 members (excludes halogenated alkanes) is 1. The standard InChI is InChI=1S/C11H18N2S/c1-4-5-6-9-7-10(14)13-11(12-9)8(2)3/h7-8H,4-6H2,1-3H3,(H,12,13,14). The van der Waals surface area contributed by atoms with Crippen LogP contribution in [0.3, 0.4) is 0 Å². The lowest BCUT2D eigenvalue weighted by atomic mass is 10.1. The second-order valence-corrected chi connectivity index (χ2v) is 4.31. The van der Waals surface area contributed by atoms with E-state index < -0.39 is 0 Å². The van der Waals surface area contributed by atoms with E-state index >= 15 is 0 Å². The number of nitrogens with one attached hydrogen (secondary N) is 1. The van der Waals surface area contributed by atoms with Gasteiger partial charge in [-0.15, -0.1) is 0 Å². The molecule has 1 aromatic heterocycles. The van der Waals surface area contributed by atoms with Gasteiger partial charge >= 0.3 is 0 Å². The molecular weight excluding hydrogens is 192 g/mol. The second kappa shape index (κ2) is 5.25. The normalized spacial score (nSPS) is 10.9. The van der Waals surface area contributed by atoms with Gasteiger partial charge in [-0.1, -0.05) is 39.4 Å². The van der Waals surface area contributed by atoms with Gasteiger partial charge in [-0.25, -0.2) is 4.98 Å². The number of H-pyrrole nitrogens is 1. The maximum atomic E-state index is 5.13. The van der Waals surface area contributed by atoms with Crippen LogP contribution in [0.4, 0.5) is 0 Å². The zero-order valence-electron chi connectivity index (χ0n) is 9.13. The summed E-state index contributed by atoms with van der Waals surface area (Å²) in [5.74, 6) is 1.42. The molecule has 0 amide bonds. The molecule has 0 aromatic carbocycles. The molecule has 0 saturated heterocycles. The van der Waals surface area contributed by atoms with Crippen LogP contribution in [-0.2, 0) is 6.42 Å². The molecule has 1 rings (SSSR count). The molecule has 0 fully saturated rings. The highest BCUT2D eigenvalue weighted by Crippen LogP contribution is 2.10. The summed E-state index contributed by atoms with van der Waals surface area (Å²) in [5, 5.41) is 0. The molecule has 0 aliphatic heterocycles. The fourth-order valence-corrected chi connectivity index (χ4v) is 1.54. The first-order valence-corrected chi connectivity index (χ1v) is 5.64. The molecule has 1 N–H and O–H groups in total. The highest BCUT2D eigenvalue weighted by Gasteiger charge is 2.02. The molecule has 78 valence electrons. The van der Waals surface area contributed by atoms with Crippen LogP contribution in [0.25, 0.3) is 0 Å². The van der Waals surface area contributed by atoms with Gasteiger partial charge in [-0.2, -0.15) is 0 Å². The van der Waals surface area contributed by atoms with Crippen molar-refractivity contribution in [1.29, 1.82) is 0 Å². The van der Waals surface area contributed by atoms with Gasteiger partial charge in [0, 0.05) is 11.6 Å². The van der Waals surface area contributed by atoms with Crippen LogP contribution in [0, 0.1) is 4.64 Å². The molecule has 0 spiro atoms. The zero-order chi connectivity index (χ0) is 10.6. The van der Waals surface area contributed by atoms with Crippen LogP contribution in [0.1, 0.15) is 51.0 Å². The Morgan fingerprint density at radius 3 is 2.79 bits per heavy atom. The predicted octanol–water partition coefficient (Wildman–Crippen LogP) is 3.61. The van der Waals surface area contributed by atoms with Crippen LogP contribution < -0.4 is 0 Å². The third kappa shape index (κ3) is 3.22. The Morgan fingerprint density at radius 2 is 2.21 bits per heavy atom. The van der Waals surface area contributed by atoms with Crippen molar-refractivity contribution < 1.29 is 0 Å². The first kappa shape index (κ1) is 11.4. The minimum atomic E-state index is 0.415. The van der Waals surface area contributed by atoms with Crippen molar-refractivity contribution in [3.63, 3.8) is 0 Å². The Bertz CT molecular complexity index is 341. The van der Waals surface area contributed by atoms with Gasteiger partial charge in [0.15, 0.2) is 0 Å². The molecule has 1 heterocycles. The lowest BCUT2D eigenvalue weighted by Crippen LogP contribution is -2.01. The van der Waals surface area contributed by atoms with E-state index in [-0.39, 0.29) is 0 Å². The summed E-state index contributed by atoms with van der Waals surface area (Å²) in [7, 11) is 0. The quantitative estimate of drug-likeness (QED) is 0.769. The third-order valence-electron chi connectivity index (χ3n) is 2.16. The minimum Gasteiger partial charge on any atom is -0.347 e. The van der Waals surface area contributed by atoms with Crippen molar-refractivity contribution in [3.05, 3.63) is 22.2 Å². The Kier molecular flexibility index (Phi) is 4.26.